The maximum Gasteiger partial charge on any atom is 0.159 e. The number of aromatic nitrogens is 2. The quantitative estimate of drug-likeness (QED) is 0.510. The average Bonchev–Trinajstić information content (AvgIpc) is 2.72. The summed E-state index contributed by atoms with van der Waals surface area (Å²) in [4.78, 5) is 8.48. The molecule has 0 saturated heterocycles. The molecule has 0 aliphatic rings. The van der Waals surface area contributed by atoms with Crippen LogP contribution in [0.2, 0.25) is 0 Å². The predicted molar refractivity (Wildman–Crippen MR) is 105 cm³/mol. The van der Waals surface area contributed by atoms with Crippen LogP contribution in [-0.2, 0) is 6.42 Å². The molecule has 3 heteroatoms. The molecule has 0 atom stereocenters. The van der Waals surface area contributed by atoms with E-state index >= 15 is 0 Å². The number of aryl methyl sites for hydroxylation is 1. The second-order valence-electron chi connectivity index (χ2n) is 6.49. The Kier molecular flexibility index (Phi) is 6.11. The molecule has 0 bridgehead atoms. The normalized spacial score (nSPS) is 10.5. The fraction of sp³-hybridized carbons (Fsp3) is 0.261. The largest absolute Gasteiger partial charge is 0.235 e. The summed E-state index contributed by atoms with van der Waals surface area (Å²) in [5, 5.41) is 8.82. The minimum absolute atomic E-state index is 0.472. The molecule has 0 spiro atoms. The van der Waals surface area contributed by atoms with E-state index in [1.807, 2.05) is 18.2 Å². The van der Waals surface area contributed by atoms with E-state index < -0.39 is 0 Å². The third-order valence-corrected chi connectivity index (χ3v) is 4.53. The number of nitriles is 1. The van der Waals surface area contributed by atoms with Gasteiger partial charge in [-0.25, -0.2) is 9.97 Å². The van der Waals surface area contributed by atoms with Crippen molar-refractivity contribution in [2.24, 2.45) is 0 Å². The Balaban J connectivity index is 1.67. The molecule has 2 aromatic carbocycles. The molecular formula is C23H23N3. The molecule has 0 saturated carbocycles. The van der Waals surface area contributed by atoms with Gasteiger partial charge < -0.3 is 0 Å². The summed E-state index contributed by atoms with van der Waals surface area (Å²) in [6, 6.07) is 19.1. The average molecular weight is 341 g/mol. The van der Waals surface area contributed by atoms with E-state index in [0.29, 0.717) is 11.4 Å². The topological polar surface area (TPSA) is 49.6 Å². The zero-order valence-electron chi connectivity index (χ0n) is 15.2. The number of nitrogens with zero attached hydrogens (tertiary/aromatic N) is 3. The van der Waals surface area contributed by atoms with Crippen LogP contribution in [0.5, 0.6) is 0 Å². The van der Waals surface area contributed by atoms with Crippen molar-refractivity contribution >= 4 is 0 Å². The van der Waals surface area contributed by atoms with E-state index in [4.69, 9.17) is 5.26 Å². The first-order valence-corrected chi connectivity index (χ1v) is 9.22. The maximum absolute atomic E-state index is 8.82. The third-order valence-electron chi connectivity index (χ3n) is 4.53. The highest BCUT2D eigenvalue weighted by Crippen LogP contribution is 2.24. The lowest BCUT2D eigenvalue weighted by Crippen LogP contribution is -1.90. The summed E-state index contributed by atoms with van der Waals surface area (Å²) in [5.41, 5.74) is 5.23. The second-order valence-corrected chi connectivity index (χ2v) is 6.49. The Morgan fingerprint density at radius 2 is 1.35 bits per heavy atom. The molecular weight excluding hydrogens is 318 g/mol. The van der Waals surface area contributed by atoms with E-state index in [9.17, 15) is 0 Å². The van der Waals surface area contributed by atoms with Gasteiger partial charge >= 0.3 is 0 Å². The highest BCUT2D eigenvalue weighted by atomic mass is 14.9. The van der Waals surface area contributed by atoms with E-state index in [2.05, 4.69) is 53.3 Å². The standard InChI is InChI=1S/C23H23N3/c1-2-3-4-5-6-18-7-9-20(10-8-18)21-11-13-22(14-12-21)23-25-16-19(15-24)17-26-23/h7-14,16-17H,2-6H2,1H3. The molecule has 26 heavy (non-hydrogen) atoms. The molecule has 3 nitrogen and oxygen atoms in total. The highest BCUT2D eigenvalue weighted by molar-refractivity contribution is 5.67. The molecule has 0 aliphatic heterocycles. The molecule has 0 radical (unpaired) electrons. The molecule has 3 rings (SSSR count). The van der Waals surface area contributed by atoms with E-state index in [1.165, 1.54) is 42.4 Å². The Morgan fingerprint density at radius 1 is 0.769 bits per heavy atom. The highest BCUT2D eigenvalue weighted by Gasteiger charge is 2.03. The van der Waals surface area contributed by atoms with Crippen molar-refractivity contribution in [2.75, 3.05) is 0 Å². The first-order valence-electron chi connectivity index (χ1n) is 9.22. The first kappa shape index (κ1) is 17.8. The Bertz CT molecular complexity index is 857. The van der Waals surface area contributed by atoms with Crippen molar-refractivity contribution in [3.63, 3.8) is 0 Å². The van der Waals surface area contributed by atoms with Gasteiger partial charge in [0, 0.05) is 18.0 Å². The van der Waals surface area contributed by atoms with Crippen molar-refractivity contribution in [1.82, 2.24) is 9.97 Å². The van der Waals surface area contributed by atoms with Crippen LogP contribution in [0, 0.1) is 11.3 Å². The van der Waals surface area contributed by atoms with Crippen LogP contribution in [0.15, 0.2) is 60.9 Å². The van der Waals surface area contributed by atoms with Gasteiger partial charge in [-0.15, -0.1) is 0 Å². The fourth-order valence-electron chi connectivity index (χ4n) is 2.97. The smallest absolute Gasteiger partial charge is 0.159 e. The minimum atomic E-state index is 0.472. The minimum Gasteiger partial charge on any atom is -0.235 e. The summed E-state index contributed by atoms with van der Waals surface area (Å²) >= 11 is 0. The Hall–Kier alpha value is -2.99. The van der Waals surface area contributed by atoms with Gasteiger partial charge in [0.15, 0.2) is 5.82 Å². The van der Waals surface area contributed by atoms with E-state index in [-0.39, 0.29) is 0 Å². The number of unbranched alkanes of at least 4 members (excludes halogenated alkanes) is 3. The second kappa shape index (κ2) is 8.92. The zero-order valence-corrected chi connectivity index (χ0v) is 15.2. The molecule has 0 unspecified atom stereocenters. The fourth-order valence-corrected chi connectivity index (χ4v) is 2.97. The summed E-state index contributed by atoms with van der Waals surface area (Å²) in [5.74, 6) is 0.637. The summed E-state index contributed by atoms with van der Waals surface area (Å²) in [6.45, 7) is 2.24. The van der Waals surface area contributed by atoms with Crippen LogP contribution in [0.25, 0.3) is 22.5 Å². The van der Waals surface area contributed by atoms with Crippen LogP contribution >= 0.6 is 0 Å². The van der Waals surface area contributed by atoms with Crippen LogP contribution in [0.3, 0.4) is 0 Å². The molecule has 3 aromatic rings. The van der Waals surface area contributed by atoms with Crippen LogP contribution < -0.4 is 0 Å². The molecule has 0 aliphatic carbocycles. The van der Waals surface area contributed by atoms with E-state index in [1.54, 1.807) is 12.4 Å². The van der Waals surface area contributed by atoms with Crippen molar-refractivity contribution < 1.29 is 0 Å². The monoisotopic (exact) mass is 341 g/mol. The van der Waals surface area contributed by atoms with Crippen LogP contribution in [-0.4, -0.2) is 9.97 Å². The van der Waals surface area contributed by atoms with Gasteiger partial charge in [0.1, 0.15) is 6.07 Å². The summed E-state index contributed by atoms with van der Waals surface area (Å²) in [6.07, 6.45) is 9.46. The molecule has 0 amide bonds. The van der Waals surface area contributed by atoms with Gasteiger partial charge in [-0.05, 0) is 29.5 Å². The van der Waals surface area contributed by atoms with Gasteiger partial charge in [0.2, 0.25) is 0 Å². The first-order chi connectivity index (χ1) is 12.8. The lowest BCUT2D eigenvalue weighted by Gasteiger charge is -2.06. The number of rotatable bonds is 7. The van der Waals surface area contributed by atoms with Gasteiger partial charge in [-0.3, -0.25) is 0 Å². The Morgan fingerprint density at radius 3 is 1.92 bits per heavy atom. The van der Waals surface area contributed by atoms with Crippen molar-refractivity contribution in [3.8, 4) is 28.6 Å². The van der Waals surface area contributed by atoms with Gasteiger partial charge in [0.05, 0.1) is 5.56 Å². The SMILES string of the molecule is CCCCCCc1ccc(-c2ccc(-c3ncc(C#N)cn3)cc2)cc1. The van der Waals surface area contributed by atoms with Crippen LogP contribution in [0.1, 0.15) is 43.7 Å². The maximum atomic E-state index is 8.82. The van der Waals surface area contributed by atoms with Gasteiger partial charge in [0.25, 0.3) is 0 Å². The van der Waals surface area contributed by atoms with Crippen molar-refractivity contribution in [3.05, 3.63) is 72.1 Å². The summed E-state index contributed by atoms with van der Waals surface area (Å²) in [7, 11) is 0. The summed E-state index contributed by atoms with van der Waals surface area (Å²) < 4.78 is 0. The van der Waals surface area contributed by atoms with E-state index in [0.717, 1.165) is 12.0 Å². The number of benzene rings is 2. The van der Waals surface area contributed by atoms with Crippen LogP contribution in [0.4, 0.5) is 0 Å². The zero-order chi connectivity index (χ0) is 18.2. The van der Waals surface area contributed by atoms with Crippen molar-refractivity contribution in [2.45, 2.75) is 39.0 Å². The lowest BCUT2D eigenvalue weighted by molar-refractivity contribution is 0.667. The molecule has 1 aromatic heterocycles. The van der Waals surface area contributed by atoms with Crippen molar-refractivity contribution in [1.29, 1.82) is 5.26 Å². The third kappa shape index (κ3) is 4.55. The molecule has 1 heterocycles. The van der Waals surface area contributed by atoms with Gasteiger partial charge in [-0.1, -0.05) is 74.7 Å². The molecule has 0 fully saturated rings. The van der Waals surface area contributed by atoms with Gasteiger partial charge in [-0.2, -0.15) is 5.26 Å². The Labute approximate surface area is 155 Å². The number of hydrogen-bond acceptors (Lipinski definition) is 3. The molecule has 0 N–H and O–H groups in total. The lowest BCUT2D eigenvalue weighted by atomic mass is 10.00. The number of hydrogen-bond donors (Lipinski definition) is 0. The molecule has 130 valence electrons. The predicted octanol–water partition coefficient (Wildman–Crippen LogP) is 5.81.